The molecule has 0 radical (unpaired) electrons. The Morgan fingerprint density at radius 1 is 1.12 bits per heavy atom. The van der Waals surface area contributed by atoms with E-state index in [1.165, 1.54) is 19.0 Å². The zero-order valence-corrected chi connectivity index (χ0v) is 24.0. The summed E-state index contributed by atoms with van der Waals surface area (Å²) in [6.07, 6.45) is 5.54. The lowest BCUT2D eigenvalue weighted by Gasteiger charge is -2.50. The second-order valence-corrected chi connectivity index (χ2v) is 11.6. The SMILES string of the molecule is CCCCCCCCC(=O)Nc1cc(F)c2c(c1O)C(O)=C1C(=O)[C@]3(O)C(O)=C(C(N)=O)C(=O)[C@@H](N(C)C)[C@@H]3C[C@@H]1C2. The number of phenols is 1. The van der Waals surface area contributed by atoms with Gasteiger partial charge in [0.25, 0.3) is 5.91 Å². The molecule has 42 heavy (non-hydrogen) atoms. The van der Waals surface area contributed by atoms with E-state index in [0.29, 0.717) is 6.42 Å². The van der Waals surface area contributed by atoms with Gasteiger partial charge < -0.3 is 31.5 Å². The monoisotopic (exact) mass is 587 g/mol. The van der Waals surface area contributed by atoms with Crippen LogP contribution in [0.15, 0.2) is 23.0 Å². The first-order valence-electron chi connectivity index (χ1n) is 14.3. The van der Waals surface area contributed by atoms with E-state index < -0.39 is 86.7 Å². The molecule has 0 unspecified atom stereocenters. The molecule has 3 aliphatic carbocycles. The van der Waals surface area contributed by atoms with E-state index in [2.05, 4.69) is 12.2 Å². The van der Waals surface area contributed by atoms with Gasteiger partial charge in [-0.2, -0.15) is 0 Å². The summed E-state index contributed by atoms with van der Waals surface area (Å²) in [5, 5.41) is 47.3. The number of benzene rings is 1. The number of phenolic OH excluding ortho intramolecular Hbond substituents is 1. The number of fused-ring (bicyclic) bond motifs is 3. The number of amides is 2. The fourth-order valence-corrected chi connectivity index (χ4v) is 6.64. The fourth-order valence-electron chi connectivity index (χ4n) is 6.64. The summed E-state index contributed by atoms with van der Waals surface area (Å²) >= 11 is 0. The minimum atomic E-state index is -2.79. The number of nitrogens with zero attached hydrogens (tertiary/aromatic N) is 1. The van der Waals surface area contributed by atoms with Crippen LogP contribution in [0.25, 0.3) is 5.76 Å². The Hall–Kier alpha value is -3.77. The van der Waals surface area contributed by atoms with Gasteiger partial charge in [0.1, 0.15) is 22.9 Å². The number of primary amides is 1. The lowest BCUT2D eigenvalue weighted by Crippen LogP contribution is -2.65. The molecule has 0 bridgehead atoms. The highest BCUT2D eigenvalue weighted by atomic mass is 19.1. The van der Waals surface area contributed by atoms with Crippen LogP contribution in [0.2, 0.25) is 0 Å². The minimum Gasteiger partial charge on any atom is -0.508 e. The first-order chi connectivity index (χ1) is 19.8. The summed E-state index contributed by atoms with van der Waals surface area (Å²) in [5.74, 6) is -9.52. The Morgan fingerprint density at radius 2 is 1.76 bits per heavy atom. The molecule has 0 aliphatic heterocycles. The highest BCUT2D eigenvalue weighted by Gasteiger charge is 2.64. The van der Waals surface area contributed by atoms with Crippen molar-refractivity contribution in [2.45, 2.75) is 76.4 Å². The molecule has 4 rings (SSSR count). The predicted octanol–water partition coefficient (Wildman–Crippen LogP) is 2.79. The van der Waals surface area contributed by atoms with Gasteiger partial charge in [-0.15, -0.1) is 0 Å². The van der Waals surface area contributed by atoms with E-state index in [9.17, 15) is 39.6 Å². The van der Waals surface area contributed by atoms with Crippen LogP contribution in [0, 0.1) is 17.7 Å². The van der Waals surface area contributed by atoms with Crippen LogP contribution in [0.3, 0.4) is 0 Å². The van der Waals surface area contributed by atoms with Crippen molar-refractivity contribution < 1.29 is 44.0 Å². The van der Waals surface area contributed by atoms with E-state index >= 15 is 4.39 Å². The van der Waals surface area contributed by atoms with Crippen LogP contribution in [0.4, 0.5) is 10.1 Å². The van der Waals surface area contributed by atoms with E-state index in [0.717, 1.165) is 38.2 Å². The summed E-state index contributed by atoms with van der Waals surface area (Å²) in [6, 6.07) is -0.280. The largest absolute Gasteiger partial charge is 0.508 e. The molecule has 0 aromatic heterocycles. The van der Waals surface area contributed by atoms with Crippen LogP contribution < -0.4 is 11.1 Å². The molecule has 12 heteroatoms. The Bertz CT molecular complexity index is 1400. The van der Waals surface area contributed by atoms with Gasteiger partial charge in [0.15, 0.2) is 17.1 Å². The number of nitrogens with two attached hydrogens (primary N) is 1. The zero-order valence-electron chi connectivity index (χ0n) is 24.0. The molecule has 0 spiro atoms. The normalized spacial score (nSPS) is 25.3. The Kier molecular flexibility index (Phi) is 8.79. The van der Waals surface area contributed by atoms with Crippen molar-refractivity contribution in [3.05, 3.63) is 39.9 Å². The topological polar surface area (TPSA) is 190 Å². The van der Waals surface area contributed by atoms with Crippen molar-refractivity contribution >= 4 is 34.8 Å². The molecule has 228 valence electrons. The van der Waals surface area contributed by atoms with E-state index in [1.54, 1.807) is 0 Å². The van der Waals surface area contributed by atoms with Crippen LogP contribution in [0.5, 0.6) is 5.75 Å². The number of carbonyl (C=O) groups excluding carboxylic acids is 4. The van der Waals surface area contributed by atoms with Gasteiger partial charge in [-0.05, 0) is 39.3 Å². The molecule has 0 saturated heterocycles. The maximum absolute atomic E-state index is 15.4. The molecule has 1 saturated carbocycles. The number of unbranched alkanes of at least 4 members (excludes halogenated alkanes) is 5. The first-order valence-corrected chi connectivity index (χ1v) is 14.3. The third kappa shape index (κ3) is 5.06. The number of carbonyl (C=O) groups is 4. The molecule has 3 aliphatic rings. The van der Waals surface area contributed by atoms with Crippen molar-refractivity contribution in [1.82, 2.24) is 4.90 Å². The van der Waals surface area contributed by atoms with Crippen molar-refractivity contribution in [3.8, 4) is 5.75 Å². The van der Waals surface area contributed by atoms with Gasteiger partial charge >= 0.3 is 0 Å². The van der Waals surface area contributed by atoms with Gasteiger partial charge in [-0.3, -0.25) is 24.1 Å². The van der Waals surface area contributed by atoms with E-state index in [4.69, 9.17) is 5.73 Å². The standard InChI is InChI=1S/C30H38FN3O8/c1-4-5-6-7-8-9-10-19(35)33-18-13-17(31)15-11-14-12-16-23(34(2)3)26(38)22(29(32)41)28(40)30(16,42)27(39)20(14)25(37)21(15)24(18)36/h13-14,16,23,36-37,40,42H,4-12H2,1-3H3,(H2,32,41)(H,33,35)/t14-,16-,23-,30-/m0/s1. The number of Topliss-reactive ketones (excluding diaryl/α,β-unsaturated/α-hetero) is 2. The lowest BCUT2D eigenvalue weighted by atomic mass is 9.57. The molecular formula is C30H38FN3O8. The highest BCUT2D eigenvalue weighted by molar-refractivity contribution is 6.24. The van der Waals surface area contributed by atoms with Gasteiger partial charge in [0.2, 0.25) is 11.7 Å². The van der Waals surface area contributed by atoms with Crippen LogP contribution >= 0.6 is 0 Å². The number of nitrogens with one attached hydrogen (secondary N) is 1. The summed E-state index contributed by atoms with van der Waals surface area (Å²) in [4.78, 5) is 53.0. The number of anilines is 1. The smallest absolute Gasteiger partial charge is 0.255 e. The molecule has 4 atom stereocenters. The van der Waals surface area contributed by atoms with Crippen molar-refractivity contribution in [2.75, 3.05) is 19.4 Å². The number of rotatable bonds is 10. The maximum atomic E-state index is 15.4. The number of aliphatic hydroxyl groups excluding tert-OH is 2. The minimum absolute atomic E-state index is 0.105. The van der Waals surface area contributed by atoms with E-state index in [1.807, 2.05) is 0 Å². The van der Waals surface area contributed by atoms with E-state index in [-0.39, 0.29) is 30.5 Å². The van der Waals surface area contributed by atoms with Crippen molar-refractivity contribution in [1.29, 1.82) is 0 Å². The first kappa shape index (κ1) is 31.2. The number of hydrogen-bond donors (Lipinski definition) is 6. The second kappa shape index (κ2) is 11.8. The Morgan fingerprint density at radius 3 is 2.38 bits per heavy atom. The van der Waals surface area contributed by atoms with Crippen LogP contribution in [-0.2, 0) is 25.6 Å². The van der Waals surface area contributed by atoms with Gasteiger partial charge in [0.05, 0.1) is 17.3 Å². The quantitative estimate of drug-likeness (QED) is 0.136. The summed E-state index contributed by atoms with van der Waals surface area (Å²) < 4.78 is 15.4. The van der Waals surface area contributed by atoms with Crippen LogP contribution in [-0.4, -0.2) is 74.4 Å². The molecule has 7 N–H and O–H groups in total. The van der Waals surface area contributed by atoms with Gasteiger partial charge in [-0.1, -0.05) is 39.0 Å². The number of halogens is 1. The Balaban J connectivity index is 1.71. The highest BCUT2D eigenvalue weighted by Crippen LogP contribution is 2.53. The zero-order chi connectivity index (χ0) is 31.1. The number of aromatic hydroxyl groups is 1. The number of hydrogen-bond acceptors (Lipinski definition) is 9. The number of aliphatic hydroxyl groups is 3. The second-order valence-electron chi connectivity index (χ2n) is 11.6. The summed E-state index contributed by atoms with van der Waals surface area (Å²) in [6.45, 7) is 2.10. The van der Waals surface area contributed by atoms with Crippen LogP contribution in [0.1, 0.15) is 69.4 Å². The molecule has 2 amide bonds. The third-order valence-electron chi connectivity index (χ3n) is 8.70. The predicted molar refractivity (Wildman–Crippen MR) is 151 cm³/mol. The van der Waals surface area contributed by atoms with Gasteiger partial charge in [0, 0.05) is 29.5 Å². The molecule has 1 aromatic rings. The average Bonchev–Trinajstić information content (AvgIpc) is 2.90. The average molecular weight is 588 g/mol. The van der Waals surface area contributed by atoms with Crippen molar-refractivity contribution in [2.24, 2.45) is 17.6 Å². The number of likely N-dealkylation sites (N-methyl/N-ethyl adjacent to an activating group) is 1. The summed E-state index contributed by atoms with van der Waals surface area (Å²) in [5.41, 5.74) is 0.409. The van der Waals surface area contributed by atoms with Crippen molar-refractivity contribution in [3.63, 3.8) is 0 Å². The lowest BCUT2D eigenvalue weighted by molar-refractivity contribution is -0.153. The Labute approximate surface area is 242 Å². The fraction of sp³-hybridized carbons (Fsp3) is 0.533. The summed E-state index contributed by atoms with van der Waals surface area (Å²) in [7, 11) is 2.99. The molecule has 1 fully saturated rings. The third-order valence-corrected chi connectivity index (χ3v) is 8.70. The molecule has 1 aromatic carbocycles. The number of ketones is 2. The molecular weight excluding hydrogens is 549 g/mol. The van der Waals surface area contributed by atoms with Gasteiger partial charge in [-0.25, -0.2) is 4.39 Å². The molecule has 0 heterocycles. The maximum Gasteiger partial charge on any atom is 0.255 e. The molecule has 11 nitrogen and oxygen atoms in total.